The van der Waals surface area contributed by atoms with Gasteiger partial charge in [0, 0.05) is 18.2 Å². The number of piperidine rings is 1. The van der Waals surface area contributed by atoms with Gasteiger partial charge < -0.3 is 10.0 Å². The number of rotatable bonds is 3. The summed E-state index contributed by atoms with van der Waals surface area (Å²) in [6, 6.07) is 2.39. The highest BCUT2D eigenvalue weighted by Crippen LogP contribution is 2.38. The molecule has 0 amide bonds. The average Bonchev–Trinajstić information content (AvgIpc) is 3.34. The number of anilines is 1. The topological polar surface area (TPSA) is 118 Å². The summed E-state index contributed by atoms with van der Waals surface area (Å²) in [5.74, 6) is 1.26. The second kappa shape index (κ2) is 5.77. The second-order valence-electron chi connectivity index (χ2n) is 6.80. The van der Waals surface area contributed by atoms with Crippen molar-refractivity contribution in [3.63, 3.8) is 0 Å². The van der Waals surface area contributed by atoms with Gasteiger partial charge in [0.25, 0.3) is 5.56 Å². The zero-order valence-corrected chi connectivity index (χ0v) is 13.9. The third kappa shape index (κ3) is 2.33. The predicted octanol–water partition coefficient (Wildman–Crippen LogP) is 0.0284. The molecule has 1 unspecified atom stereocenters. The summed E-state index contributed by atoms with van der Waals surface area (Å²) in [6.07, 6.45) is 9.55. The number of aliphatic hydroxyl groups is 1. The monoisotopic (exact) mass is 354 g/mol. The van der Waals surface area contributed by atoms with Crippen LogP contribution in [0.5, 0.6) is 0 Å². The Balaban J connectivity index is 1.51. The minimum Gasteiger partial charge on any atom is -0.393 e. The zero-order chi connectivity index (χ0) is 17.7. The highest BCUT2D eigenvalue weighted by atomic mass is 16.3. The van der Waals surface area contributed by atoms with Crippen LogP contribution in [0.2, 0.25) is 0 Å². The van der Waals surface area contributed by atoms with E-state index in [1.54, 1.807) is 12.4 Å². The molecule has 134 valence electrons. The Hall–Kier alpha value is -3.01. The molecule has 2 fully saturated rings. The summed E-state index contributed by atoms with van der Waals surface area (Å²) in [5.41, 5.74) is 0.0982. The molecular formula is C16H18N8O2. The van der Waals surface area contributed by atoms with Crippen LogP contribution in [0.15, 0.2) is 35.8 Å². The van der Waals surface area contributed by atoms with Crippen LogP contribution in [0.3, 0.4) is 0 Å². The molecule has 0 saturated carbocycles. The van der Waals surface area contributed by atoms with E-state index in [4.69, 9.17) is 0 Å². The molecule has 3 aromatic heterocycles. The normalized spacial score (nSPS) is 25.0. The van der Waals surface area contributed by atoms with Gasteiger partial charge in [-0.25, -0.2) is 14.6 Å². The van der Waals surface area contributed by atoms with E-state index in [0.717, 1.165) is 31.5 Å². The van der Waals surface area contributed by atoms with Gasteiger partial charge in [-0.05, 0) is 25.7 Å². The number of aromatic amines is 1. The number of fused-ring (bicyclic) bond motifs is 2. The maximum Gasteiger partial charge on any atom is 0.298 e. The third-order valence-corrected chi connectivity index (χ3v) is 5.26. The molecule has 5 heterocycles. The Bertz CT molecular complexity index is 964. The van der Waals surface area contributed by atoms with Gasteiger partial charge in [0.1, 0.15) is 12.1 Å². The van der Waals surface area contributed by atoms with Crippen LogP contribution < -0.4 is 10.5 Å². The van der Waals surface area contributed by atoms with Gasteiger partial charge in [0.15, 0.2) is 11.5 Å². The summed E-state index contributed by atoms with van der Waals surface area (Å²) in [5, 5.41) is 20.5. The Morgan fingerprint density at radius 2 is 1.92 bits per heavy atom. The molecule has 10 heteroatoms. The first-order valence-electron chi connectivity index (χ1n) is 8.66. The smallest absolute Gasteiger partial charge is 0.298 e. The van der Waals surface area contributed by atoms with Crippen molar-refractivity contribution < 1.29 is 5.11 Å². The van der Waals surface area contributed by atoms with Crippen LogP contribution in [0, 0.1) is 0 Å². The van der Waals surface area contributed by atoms with E-state index < -0.39 is 0 Å². The summed E-state index contributed by atoms with van der Waals surface area (Å²) < 4.78 is 2.77. The number of aromatic nitrogens is 7. The lowest BCUT2D eigenvalue weighted by Gasteiger charge is -2.38. The van der Waals surface area contributed by atoms with Crippen molar-refractivity contribution in [3.8, 4) is 11.5 Å². The highest BCUT2D eigenvalue weighted by molar-refractivity contribution is 5.47. The number of nitrogens with one attached hydrogen (secondary N) is 1. The standard InChI is InChI=1S/C16H18N8O2/c25-12-5-10-1-2-11(6-12)23(10)14-7-15(18-9-17-14)24-16(26)13(8-20-24)22-4-3-19-21-22/h3-4,7-12,20,25H,1-2,5-6H2/t10-,11+,12?. The van der Waals surface area contributed by atoms with Crippen molar-refractivity contribution in [2.75, 3.05) is 4.90 Å². The minimum absolute atomic E-state index is 0.235. The molecule has 2 aliphatic heterocycles. The van der Waals surface area contributed by atoms with Gasteiger partial charge >= 0.3 is 0 Å². The van der Waals surface area contributed by atoms with Crippen LogP contribution in [-0.2, 0) is 0 Å². The number of hydrogen-bond donors (Lipinski definition) is 2. The molecule has 2 saturated heterocycles. The van der Waals surface area contributed by atoms with Crippen LogP contribution in [0.1, 0.15) is 25.7 Å². The Morgan fingerprint density at radius 1 is 1.15 bits per heavy atom. The van der Waals surface area contributed by atoms with E-state index in [1.807, 2.05) is 6.07 Å². The Kier molecular flexibility index (Phi) is 3.38. The van der Waals surface area contributed by atoms with E-state index in [-0.39, 0.29) is 23.7 Å². The zero-order valence-electron chi connectivity index (χ0n) is 13.9. The lowest BCUT2D eigenvalue weighted by Crippen LogP contribution is -2.45. The first kappa shape index (κ1) is 15.3. The van der Waals surface area contributed by atoms with Crippen LogP contribution >= 0.6 is 0 Å². The average molecular weight is 354 g/mol. The summed E-state index contributed by atoms with van der Waals surface area (Å²) in [6.45, 7) is 0. The Morgan fingerprint density at radius 3 is 2.65 bits per heavy atom. The largest absolute Gasteiger partial charge is 0.393 e. The minimum atomic E-state index is -0.266. The molecule has 0 radical (unpaired) electrons. The first-order valence-corrected chi connectivity index (χ1v) is 8.66. The highest BCUT2D eigenvalue weighted by Gasteiger charge is 2.41. The van der Waals surface area contributed by atoms with Gasteiger partial charge in [-0.1, -0.05) is 5.21 Å². The predicted molar refractivity (Wildman–Crippen MR) is 91.4 cm³/mol. The fraction of sp³-hybridized carbons (Fsp3) is 0.438. The van der Waals surface area contributed by atoms with Gasteiger partial charge in [0.05, 0.1) is 24.7 Å². The lowest BCUT2D eigenvalue weighted by atomic mass is 10.00. The quantitative estimate of drug-likeness (QED) is 0.681. The van der Waals surface area contributed by atoms with Crippen molar-refractivity contribution in [1.29, 1.82) is 0 Å². The molecule has 2 N–H and O–H groups in total. The number of nitrogens with zero attached hydrogens (tertiary/aromatic N) is 7. The van der Waals surface area contributed by atoms with E-state index in [1.165, 1.54) is 21.9 Å². The molecule has 5 rings (SSSR count). The number of H-pyrrole nitrogens is 1. The molecule has 3 aromatic rings. The van der Waals surface area contributed by atoms with Crippen molar-refractivity contribution in [2.45, 2.75) is 43.9 Å². The maximum atomic E-state index is 12.7. The fourth-order valence-corrected chi connectivity index (χ4v) is 4.15. The third-order valence-electron chi connectivity index (χ3n) is 5.26. The van der Waals surface area contributed by atoms with Crippen molar-refractivity contribution in [1.82, 2.24) is 34.7 Å². The molecule has 3 atom stereocenters. The van der Waals surface area contributed by atoms with Gasteiger partial charge in [0.2, 0.25) is 0 Å². The molecule has 0 aromatic carbocycles. The molecule has 0 spiro atoms. The molecule has 2 aliphatic rings. The molecular weight excluding hydrogens is 336 g/mol. The number of hydrogen-bond acceptors (Lipinski definition) is 7. The molecule has 10 nitrogen and oxygen atoms in total. The molecule has 26 heavy (non-hydrogen) atoms. The van der Waals surface area contributed by atoms with E-state index in [9.17, 15) is 9.90 Å². The summed E-state index contributed by atoms with van der Waals surface area (Å²) >= 11 is 0. The van der Waals surface area contributed by atoms with E-state index >= 15 is 0 Å². The van der Waals surface area contributed by atoms with E-state index in [0.29, 0.717) is 11.5 Å². The summed E-state index contributed by atoms with van der Waals surface area (Å²) in [7, 11) is 0. The first-order chi connectivity index (χ1) is 12.7. The number of aliphatic hydroxyl groups excluding tert-OH is 1. The van der Waals surface area contributed by atoms with E-state index in [2.05, 4.69) is 30.3 Å². The van der Waals surface area contributed by atoms with Gasteiger partial charge in [-0.2, -0.15) is 4.68 Å². The maximum absolute atomic E-state index is 12.7. The summed E-state index contributed by atoms with van der Waals surface area (Å²) in [4.78, 5) is 23.6. The lowest BCUT2D eigenvalue weighted by molar-refractivity contribution is 0.126. The SMILES string of the molecule is O=c1c(-n2ccnn2)c[nH]n1-c1cc(N2[C@@H]3CC[C@H]2CC(O)C3)ncn1. The van der Waals surface area contributed by atoms with Crippen molar-refractivity contribution in [2.24, 2.45) is 0 Å². The van der Waals surface area contributed by atoms with Gasteiger partial charge in [-0.3, -0.25) is 9.89 Å². The Labute approximate surface area is 148 Å². The molecule has 0 aliphatic carbocycles. The second-order valence-corrected chi connectivity index (χ2v) is 6.80. The van der Waals surface area contributed by atoms with Crippen molar-refractivity contribution in [3.05, 3.63) is 41.3 Å². The van der Waals surface area contributed by atoms with Crippen LogP contribution in [0.4, 0.5) is 5.82 Å². The van der Waals surface area contributed by atoms with Gasteiger partial charge in [-0.15, -0.1) is 5.10 Å². The fourth-order valence-electron chi connectivity index (χ4n) is 4.15. The molecule has 2 bridgehead atoms. The van der Waals surface area contributed by atoms with Crippen molar-refractivity contribution >= 4 is 5.82 Å². The van der Waals surface area contributed by atoms with Crippen LogP contribution in [-0.4, -0.2) is 58.0 Å². The van der Waals surface area contributed by atoms with Crippen LogP contribution in [0.25, 0.3) is 11.5 Å².